The van der Waals surface area contributed by atoms with Gasteiger partial charge < -0.3 is 15.4 Å². The monoisotopic (exact) mass is 316 g/mol. The number of fused-ring (bicyclic) bond motifs is 1. The van der Waals surface area contributed by atoms with Gasteiger partial charge in [-0.2, -0.15) is 0 Å². The number of carbonyl (C=O) groups excluding carboxylic acids is 1. The molecule has 0 fully saturated rings. The van der Waals surface area contributed by atoms with Crippen molar-refractivity contribution in [2.75, 3.05) is 6.61 Å². The first-order valence-corrected chi connectivity index (χ1v) is 7.61. The lowest BCUT2D eigenvalue weighted by Crippen LogP contribution is -2.39. The van der Waals surface area contributed by atoms with Crippen molar-refractivity contribution in [3.05, 3.63) is 64.7 Å². The summed E-state index contributed by atoms with van der Waals surface area (Å²) in [7, 11) is 0. The molecule has 0 aromatic heterocycles. The minimum absolute atomic E-state index is 0.0184. The van der Waals surface area contributed by atoms with Crippen LogP contribution >= 0.6 is 11.6 Å². The summed E-state index contributed by atoms with van der Waals surface area (Å²) in [6, 6.07) is 15.0. The van der Waals surface area contributed by atoms with E-state index in [2.05, 4.69) is 10.6 Å². The zero-order valence-electron chi connectivity index (χ0n) is 12.0. The van der Waals surface area contributed by atoms with E-state index in [9.17, 15) is 4.79 Å². The van der Waals surface area contributed by atoms with Crippen molar-refractivity contribution in [3.8, 4) is 5.75 Å². The quantitative estimate of drug-likeness (QED) is 0.908. The van der Waals surface area contributed by atoms with E-state index in [4.69, 9.17) is 16.3 Å². The third-order valence-electron chi connectivity index (χ3n) is 3.63. The minimum Gasteiger partial charge on any atom is -0.493 e. The number of nitrogens with one attached hydrogen (secondary N) is 2. The molecular weight excluding hydrogens is 300 g/mol. The smallest absolute Gasteiger partial charge is 0.315 e. The Labute approximate surface area is 134 Å². The Morgan fingerprint density at radius 1 is 1.18 bits per heavy atom. The first kappa shape index (κ1) is 14.7. The summed E-state index contributed by atoms with van der Waals surface area (Å²) in [6.45, 7) is 1.08. The summed E-state index contributed by atoms with van der Waals surface area (Å²) in [5, 5.41) is 6.55. The molecule has 1 aliphatic rings. The molecule has 22 heavy (non-hydrogen) atoms. The zero-order valence-corrected chi connectivity index (χ0v) is 12.8. The fourth-order valence-electron chi connectivity index (χ4n) is 2.49. The second kappa shape index (κ2) is 6.71. The van der Waals surface area contributed by atoms with Gasteiger partial charge in [0.25, 0.3) is 0 Å². The van der Waals surface area contributed by atoms with E-state index in [0.29, 0.717) is 18.2 Å². The minimum atomic E-state index is -0.184. The van der Waals surface area contributed by atoms with Crippen molar-refractivity contribution in [2.45, 2.75) is 19.0 Å². The normalized spacial score (nSPS) is 16.3. The van der Waals surface area contributed by atoms with Gasteiger partial charge >= 0.3 is 6.03 Å². The van der Waals surface area contributed by atoms with Gasteiger partial charge in [-0.3, -0.25) is 0 Å². The van der Waals surface area contributed by atoms with E-state index in [1.54, 1.807) is 0 Å². The predicted octanol–water partition coefficient (Wildman–Crippen LogP) is 3.66. The molecule has 1 unspecified atom stereocenters. The number of hydrogen-bond donors (Lipinski definition) is 2. The van der Waals surface area contributed by atoms with E-state index in [0.717, 1.165) is 23.3 Å². The number of carbonyl (C=O) groups is 1. The Morgan fingerprint density at radius 2 is 1.95 bits per heavy atom. The Hall–Kier alpha value is -2.20. The number of benzene rings is 2. The van der Waals surface area contributed by atoms with Gasteiger partial charge in [0.15, 0.2) is 0 Å². The van der Waals surface area contributed by atoms with Crippen molar-refractivity contribution in [1.29, 1.82) is 0 Å². The Morgan fingerprint density at radius 3 is 2.77 bits per heavy atom. The molecule has 5 heteroatoms. The predicted molar refractivity (Wildman–Crippen MR) is 86.1 cm³/mol. The first-order valence-electron chi connectivity index (χ1n) is 7.23. The van der Waals surface area contributed by atoms with Crippen LogP contribution in [-0.4, -0.2) is 12.6 Å². The second-order valence-corrected chi connectivity index (χ2v) is 5.62. The number of halogens is 1. The Kier molecular flexibility index (Phi) is 4.49. The molecule has 0 spiro atoms. The lowest BCUT2D eigenvalue weighted by atomic mass is 10.0. The van der Waals surface area contributed by atoms with Gasteiger partial charge in [-0.25, -0.2) is 4.79 Å². The molecule has 1 heterocycles. The highest BCUT2D eigenvalue weighted by Gasteiger charge is 2.22. The van der Waals surface area contributed by atoms with Gasteiger partial charge in [0.05, 0.1) is 12.6 Å². The van der Waals surface area contributed by atoms with Crippen molar-refractivity contribution in [1.82, 2.24) is 10.6 Å². The Balaban J connectivity index is 1.57. The molecule has 114 valence electrons. The number of hydrogen-bond acceptors (Lipinski definition) is 2. The van der Waals surface area contributed by atoms with Crippen LogP contribution in [-0.2, 0) is 6.54 Å². The van der Waals surface area contributed by atoms with Crippen LogP contribution in [0.15, 0.2) is 48.5 Å². The fraction of sp³-hybridized carbons (Fsp3) is 0.235. The van der Waals surface area contributed by atoms with Crippen LogP contribution in [0, 0.1) is 0 Å². The molecule has 0 saturated carbocycles. The van der Waals surface area contributed by atoms with Gasteiger partial charge in [0.2, 0.25) is 0 Å². The lowest BCUT2D eigenvalue weighted by molar-refractivity contribution is 0.223. The average molecular weight is 317 g/mol. The molecule has 1 atom stereocenters. The highest BCUT2D eigenvalue weighted by molar-refractivity contribution is 6.30. The highest BCUT2D eigenvalue weighted by atomic mass is 35.5. The molecule has 4 nitrogen and oxygen atoms in total. The maximum atomic E-state index is 12.1. The van der Waals surface area contributed by atoms with E-state index in [1.807, 2.05) is 48.5 Å². The number of ether oxygens (including phenoxy) is 1. The van der Waals surface area contributed by atoms with Crippen molar-refractivity contribution in [2.24, 2.45) is 0 Å². The van der Waals surface area contributed by atoms with Crippen LogP contribution < -0.4 is 15.4 Å². The van der Waals surface area contributed by atoms with Gasteiger partial charge in [-0.05, 0) is 23.8 Å². The molecule has 2 aromatic rings. The molecule has 0 radical (unpaired) electrons. The van der Waals surface area contributed by atoms with Crippen molar-refractivity contribution in [3.63, 3.8) is 0 Å². The maximum absolute atomic E-state index is 12.1. The first-order chi connectivity index (χ1) is 10.7. The van der Waals surface area contributed by atoms with Crippen LogP contribution in [0.4, 0.5) is 4.79 Å². The maximum Gasteiger partial charge on any atom is 0.315 e. The molecule has 0 bridgehead atoms. The molecule has 3 rings (SSSR count). The summed E-state index contributed by atoms with van der Waals surface area (Å²) in [4.78, 5) is 12.1. The fourth-order valence-corrected chi connectivity index (χ4v) is 2.61. The third-order valence-corrected chi connectivity index (χ3v) is 3.88. The molecule has 2 aromatic carbocycles. The van der Waals surface area contributed by atoms with Crippen LogP contribution in [0.2, 0.25) is 5.02 Å². The summed E-state index contributed by atoms with van der Waals surface area (Å²) in [5.41, 5.74) is 2.03. The largest absolute Gasteiger partial charge is 0.493 e. The molecule has 0 saturated heterocycles. The Bertz CT molecular complexity index is 658. The standard InChI is InChI=1S/C17H17ClN2O2/c18-13-7-5-12(6-8-13)11-19-17(21)20-15-9-10-22-16-4-2-1-3-14(15)16/h1-8,15H,9-11H2,(H2,19,20,21). The topological polar surface area (TPSA) is 50.4 Å². The van der Waals surface area contributed by atoms with E-state index >= 15 is 0 Å². The van der Waals surface area contributed by atoms with E-state index in [-0.39, 0.29) is 12.1 Å². The van der Waals surface area contributed by atoms with Crippen molar-refractivity contribution >= 4 is 17.6 Å². The zero-order chi connectivity index (χ0) is 15.4. The van der Waals surface area contributed by atoms with Crippen LogP contribution in [0.3, 0.4) is 0 Å². The number of para-hydroxylation sites is 1. The van der Waals surface area contributed by atoms with Crippen LogP contribution in [0.25, 0.3) is 0 Å². The summed E-state index contributed by atoms with van der Waals surface area (Å²) < 4.78 is 5.59. The molecule has 2 amide bonds. The molecular formula is C17H17ClN2O2. The van der Waals surface area contributed by atoms with Gasteiger partial charge in [0, 0.05) is 23.6 Å². The summed E-state index contributed by atoms with van der Waals surface area (Å²) in [6.07, 6.45) is 0.769. The van der Waals surface area contributed by atoms with E-state index in [1.165, 1.54) is 0 Å². The molecule has 0 aliphatic carbocycles. The number of urea groups is 1. The number of rotatable bonds is 3. The average Bonchev–Trinajstić information content (AvgIpc) is 2.55. The van der Waals surface area contributed by atoms with Gasteiger partial charge in [0.1, 0.15) is 5.75 Å². The van der Waals surface area contributed by atoms with Gasteiger partial charge in [-0.15, -0.1) is 0 Å². The molecule has 1 aliphatic heterocycles. The SMILES string of the molecule is O=C(NCc1ccc(Cl)cc1)NC1CCOc2ccccc21. The van der Waals surface area contributed by atoms with Crippen molar-refractivity contribution < 1.29 is 9.53 Å². The highest BCUT2D eigenvalue weighted by Crippen LogP contribution is 2.31. The van der Waals surface area contributed by atoms with Crippen LogP contribution in [0.1, 0.15) is 23.6 Å². The second-order valence-electron chi connectivity index (χ2n) is 5.18. The lowest BCUT2D eigenvalue weighted by Gasteiger charge is -2.26. The summed E-state index contributed by atoms with van der Waals surface area (Å²) >= 11 is 5.84. The van der Waals surface area contributed by atoms with Crippen LogP contribution in [0.5, 0.6) is 5.75 Å². The van der Waals surface area contributed by atoms with Gasteiger partial charge in [-0.1, -0.05) is 41.9 Å². The van der Waals surface area contributed by atoms with E-state index < -0.39 is 0 Å². The third kappa shape index (κ3) is 3.52. The number of amides is 2. The molecule has 2 N–H and O–H groups in total. The summed E-state index contributed by atoms with van der Waals surface area (Å²) in [5.74, 6) is 0.844.